The maximum absolute atomic E-state index is 12.3. The highest BCUT2D eigenvalue weighted by Gasteiger charge is 2.36. The fraction of sp³-hybridized carbons (Fsp3) is 0.938. The van der Waals surface area contributed by atoms with Crippen molar-refractivity contribution >= 4 is 5.97 Å². The zero-order chi connectivity index (χ0) is 16.1. The van der Waals surface area contributed by atoms with E-state index in [1.165, 1.54) is 0 Å². The Labute approximate surface area is 129 Å². The molecule has 0 aromatic rings. The van der Waals surface area contributed by atoms with Crippen molar-refractivity contribution in [3.8, 4) is 0 Å². The number of esters is 1. The largest absolute Gasteiger partial charge is 0.465 e. The number of hydrogen-bond donors (Lipinski definition) is 1. The van der Waals surface area contributed by atoms with Gasteiger partial charge in [-0.3, -0.25) is 15.0 Å². The maximum atomic E-state index is 12.3. The summed E-state index contributed by atoms with van der Waals surface area (Å²) in [6.45, 7) is 15.9. The lowest BCUT2D eigenvalue weighted by molar-refractivity contribution is -0.151. The van der Waals surface area contributed by atoms with Gasteiger partial charge in [-0.2, -0.15) is 0 Å². The van der Waals surface area contributed by atoms with Gasteiger partial charge >= 0.3 is 5.97 Å². The van der Waals surface area contributed by atoms with Crippen molar-refractivity contribution in [3.05, 3.63) is 0 Å². The number of nitrogens with one attached hydrogen (secondary N) is 1. The topological polar surface area (TPSA) is 50.8 Å². The summed E-state index contributed by atoms with van der Waals surface area (Å²) in [4.78, 5) is 14.6. The van der Waals surface area contributed by atoms with Gasteiger partial charge in [-0.25, -0.2) is 0 Å². The Bertz CT molecular complexity index is 344. The summed E-state index contributed by atoms with van der Waals surface area (Å²) < 4.78 is 11.0. The average Bonchev–Trinajstić information content (AvgIpc) is 2.35. The highest BCUT2D eigenvalue weighted by Crippen LogP contribution is 2.19. The van der Waals surface area contributed by atoms with Crippen LogP contribution in [0.15, 0.2) is 0 Å². The first kappa shape index (κ1) is 18.4. The van der Waals surface area contributed by atoms with Crippen molar-refractivity contribution in [3.63, 3.8) is 0 Å². The molecule has 0 bridgehead atoms. The van der Waals surface area contributed by atoms with E-state index in [1.54, 1.807) is 0 Å². The summed E-state index contributed by atoms with van der Waals surface area (Å²) in [6.07, 6.45) is 0.736. The van der Waals surface area contributed by atoms with Crippen LogP contribution in [0.3, 0.4) is 0 Å². The molecular formula is C16H32N2O3. The van der Waals surface area contributed by atoms with E-state index in [9.17, 15) is 4.79 Å². The van der Waals surface area contributed by atoms with E-state index in [0.29, 0.717) is 6.61 Å². The highest BCUT2D eigenvalue weighted by molar-refractivity contribution is 5.80. The minimum absolute atomic E-state index is 0.107. The average molecular weight is 300 g/mol. The molecule has 0 radical (unpaired) electrons. The van der Waals surface area contributed by atoms with Crippen LogP contribution in [0.2, 0.25) is 0 Å². The van der Waals surface area contributed by atoms with Crippen molar-refractivity contribution in [2.75, 3.05) is 32.8 Å². The van der Waals surface area contributed by atoms with Crippen molar-refractivity contribution in [2.45, 2.75) is 65.1 Å². The molecule has 0 aromatic carbocycles. The van der Waals surface area contributed by atoms with Gasteiger partial charge in [0.2, 0.25) is 0 Å². The Balaban J connectivity index is 2.62. The highest BCUT2D eigenvalue weighted by atomic mass is 16.5. The fourth-order valence-corrected chi connectivity index (χ4v) is 2.85. The van der Waals surface area contributed by atoms with Gasteiger partial charge in [0.1, 0.15) is 5.54 Å². The van der Waals surface area contributed by atoms with Crippen molar-refractivity contribution in [1.29, 1.82) is 0 Å². The molecular weight excluding hydrogens is 268 g/mol. The molecule has 5 heteroatoms. The lowest BCUT2D eigenvalue weighted by atomic mass is 9.95. The molecule has 0 aliphatic carbocycles. The molecule has 1 N–H and O–H groups in total. The lowest BCUT2D eigenvalue weighted by Crippen LogP contribution is -2.56. The molecule has 124 valence electrons. The van der Waals surface area contributed by atoms with Crippen molar-refractivity contribution in [2.24, 2.45) is 0 Å². The number of carbonyl (C=O) groups is 1. The number of morpholine rings is 1. The van der Waals surface area contributed by atoms with Crippen molar-refractivity contribution in [1.82, 2.24) is 10.2 Å². The van der Waals surface area contributed by atoms with Crippen LogP contribution in [-0.2, 0) is 14.3 Å². The van der Waals surface area contributed by atoms with Gasteiger partial charge in [0, 0.05) is 25.7 Å². The zero-order valence-corrected chi connectivity index (χ0v) is 14.5. The van der Waals surface area contributed by atoms with Crippen LogP contribution in [0.4, 0.5) is 0 Å². The van der Waals surface area contributed by atoms with Gasteiger partial charge in [0.15, 0.2) is 0 Å². The Morgan fingerprint density at radius 3 is 2.67 bits per heavy atom. The number of ether oxygens (including phenoxy) is 2. The Hall–Kier alpha value is -0.650. The third-order valence-electron chi connectivity index (χ3n) is 3.77. The molecule has 1 fully saturated rings. The monoisotopic (exact) mass is 300 g/mol. The minimum Gasteiger partial charge on any atom is -0.465 e. The quantitative estimate of drug-likeness (QED) is 0.727. The first-order valence-corrected chi connectivity index (χ1v) is 8.00. The van der Waals surface area contributed by atoms with Gasteiger partial charge in [-0.15, -0.1) is 0 Å². The van der Waals surface area contributed by atoms with Gasteiger partial charge in [-0.05, 0) is 48.0 Å². The third kappa shape index (κ3) is 5.93. The smallest absolute Gasteiger partial charge is 0.326 e. The van der Waals surface area contributed by atoms with Gasteiger partial charge in [0.25, 0.3) is 0 Å². The predicted molar refractivity (Wildman–Crippen MR) is 84.4 cm³/mol. The first-order valence-electron chi connectivity index (χ1n) is 8.00. The van der Waals surface area contributed by atoms with E-state index in [2.05, 4.69) is 37.9 Å². The van der Waals surface area contributed by atoms with Gasteiger partial charge < -0.3 is 9.47 Å². The van der Waals surface area contributed by atoms with Crippen LogP contribution in [0, 0.1) is 0 Å². The molecule has 1 aliphatic heterocycles. The summed E-state index contributed by atoms with van der Waals surface area (Å²) >= 11 is 0. The number of rotatable bonds is 7. The summed E-state index contributed by atoms with van der Waals surface area (Å²) in [6, 6.07) is 0.237. The van der Waals surface area contributed by atoms with Gasteiger partial charge in [-0.1, -0.05) is 0 Å². The molecule has 0 spiro atoms. The van der Waals surface area contributed by atoms with E-state index in [0.717, 1.165) is 32.7 Å². The minimum atomic E-state index is -0.632. The van der Waals surface area contributed by atoms with Crippen molar-refractivity contribution < 1.29 is 14.3 Å². The van der Waals surface area contributed by atoms with Gasteiger partial charge in [0.05, 0.1) is 18.8 Å². The predicted octanol–water partition coefficient (Wildman–Crippen LogP) is 1.81. The van der Waals surface area contributed by atoms with Crippen LogP contribution in [0.5, 0.6) is 0 Å². The third-order valence-corrected chi connectivity index (χ3v) is 3.77. The standard InChI is InChI=1S/C16H32N2O3/c1-7-20-14(19)16(6,17-13(2)3)8-9-18-10-11-21-15(4,5)12-18/h13,17H,7-12H2,1-6H3. The SMILES string of the molecule is CCOC(=O)C(C)(CCN1CCOC(C)(C)C1)NC(C)C. The second-order valence-corrected chi connectivity index (χ2v) is 6.99. The molecule has 1 aliphatic rings. The summed E-state index contributed by atoms with van der Waals surface area (Å²) in [7, 11) is 0. The van der Waals surface area contributed by atoms with Crippen LogP contribution in [0.25, 0.3) is 0 Å². The molecule has 0 aromatic heterocycles. The van der Waals surface area contributed by atoms with Crippen LogP contribution in [-0.4, -0.2) is 60.9 Å². The van der Waals surface area contributed by atoms with E-state index in [1.807, 2.05) is 13.8 Å². The Morgan fingerprint density at radius 2 is 2.14 bits per heavy atom. The Morgan fingerprint density at radius 1 is 1.48 bits per heavy atom. The first-order chi connectivity index (χ1) is 9.68. The summed E-state index contributed by atoms with van der Waals surface area (Å²) in [5.74, 6) is -0.161. The second-order valence-electron chi connectivity index (χ2n) is 6.99. The molecule has 21 heavy (non-hydrogen) atoms. The van der Waals surface area contributed by atoms with Crippen LogP contribution < -0.4 is 5.32 Å². The molecule has 1 unspecified atom stereocenters. The molecule has 5 nitrogen and oxygen atoms in total. The number of hydrogen-bond acceptors (Lipinski definition) is 5. The van der Waals surface area contributed by atoms with E-state index >= 15 is 0 Å². The molecule has 1 rings (SSSR count). The molecule has 0 amide bonds. The van der Waals surface area contributed by atoms with E-state index in [4.69, 9.17) is 9.47 Å². The maximum Gasteiger partial charge on any atom is 0.326 e. The fourth-order valence-electron chi connectivity index (χ4n) is 2.85. The molecule has 0 saturated carbocycles. The molecule has 1 saturated heterocycles. The van der Waals surface area contributed by atoms with Crippen LogP contribution in [0.1, 0.15) is 48.0 Å². The number of carbonyl (C=O) groups excluding carboxylic acids is 1. The summed E-state index contributed by atoms with van der Waals surface area (Å²) in [5.41, 5.74) is -0.739. The van der Waals surface area contributed by atoms with E-state index in [-0.39, 0.29) is 17.6 Å². The Kier molecular flexibility index (Phi) is 6.63. The second kappa shape index (κ2) is 7.56. The summed E-state index contributed by atoms with van der Waals surface area (Å²) in [5, 5.41) is 3.37. The number of nitrogens with zero attached hydrogens (tertiary/aromatic N) is 1. The molecule has 1 heterocycles. The zero-order valence-electron chi connectivity index (χ0n) is 14.5. The van der Waals surface area contributed by atoms with Crippen LogP contribution >= 0.6 is 0 Å². The normalized spacial score (nSPS) is 22.0. The molecule has 1 atom stereocenters. The lowest BCUT2D eigenvalue weighted by Gasteiger charge is -2.40. The van der Waals surface area contributed by atoms with E-state index < -0.39 is 5.54 Å².